The Hall–Kier alpha value is -1.54. The molecule has 0 amide bonds. The Morgan fingerprint density at radius 3 is 2.86 bits per heavy atom. The summed E-state index contributed by atoms with van der Waals surface area (Å²) in [7, 11) is 1.73. The van der Waals surface area contributed by atoms with Crippen LogP contribution in [-0.2, 0) is 6.42 Å². The van der Waals surface area contributed by atoms with Crippen molar-refractivity contribution in [2.24, 2.45) is 5.41 Å². The summed E-state index contributed by atoms with van der Waals surface area (Å²) in [6.07, 6.45) is 7.23. The maximum Gasteiger partial charge on any atom is 0.119 e. The van der Waals surface area contributed by atoms with E-state index in [1.165, 1.54) is 27.8 Å². The molecule has 0 heterocycles. The molecule has 0 radical (unpaired) electrons. The Kier molecular flexibility index (Phi) is 2.80. The van der Waals surface area contributed by atoms with Crippen LogP contribution in [0.4, 0.5) is 0 Å². The third-order valence-electron chi connectivity index (χ3n) is 5.76. The third kappa shape index (κ3) is 1.75. The van der Waals surface area contributed by atoms with E-state index in [-0.39, 0.29) is 11.5 Å². The number of rotatable bonds is 1. The second kappa shape index (κ2) is 4.48. The summed E-state index contributed by atoms with van der Waals surface area (Å²) in [4.78, 5) is 0. The van der Waals surface area contributed by atoms with Crippen molar-refractivity contribution in [3.63, 3.8) is 0 Å². The van der Waals surface area contributed by atoms with Crippen molar-refractivity contribution in [3.05, 3.63) is 46.5 Å². The first-order chi connectivity index (χ1) is 10.1. The molecule has 1 aromatic rings. The molecule has 0 spiro atoms. The molecule has 21 heavy (non-hydrogen) atoms. The highest BCUT2D eigenvalue weighted by Gasteiger charge is 2.45. The molecule has 0 aliphatic heterocycles. The predicted molar refractivity (Wildman–Crippen MR) is 84.3 cm³/mol. The minimum Gasteiger partial charge on any atom is -0.497 e. The molecule has 1 N–H and O–H groups in total. The molecule has 3 aliphatic carbocycles. The lowest BCUT2D eigenvalue weighted by atomic mass is 9.65. The van der Waals surface area contributed by atoms with Crippen molar-refractivity contribution in [1.29, 1.82) is 0 Å². The number of aryl methyl sites for hydroxylation is 1. The van der Waals surface area contributed by atoms with Gasteiger partial charge in [0.1, 0.15) is 5.75 Å². The smallest absolute Gasteiger partial charge is 0.119 e. The van der Waals surface area contributed by atoms with Gasteiger partial charge in [-0.3, -0.25) is 0 Å². The van der Waals surface area contributed by atoms with Gasteiger partial charge < -0.3 is 9.84 Å². The van der Waals surface area contributed by atoms with Gasteiger partial charge in [0.25, 0.3) is 0 Å². The summed E-state index contributed by atoms with van der Waals surface area (Å²) >= 11 is 0. The van der Waals surface area contributed by atoms with Gasteiger partial charge in [-0.15, -0.1) is 0 Å². The monoisotopic (exact) mass is 282 g/mol. The topological polar surface area (TPSA) is 29.5 Å². The van der Waals surface area contributed by atoms with E-state index < -0.39 is 0 Å². The first-order valence-electron chi connectivity index (χ1n) is 7.92. The van der Waals surface area contributed by atoms with Gasteiger partial charge in [-0.25, -0.2) is 0 Å². The van der Waals surface area contributed by atoms with E-state index in [4.69, 9.17) is 4.74 Å². The predicted octanol–water partition coefficient (Wildman–Crippen LogP) is 3.89. The van der Waals surface area contributed by atoms with Gasteiger partial charge in [0.15, 0.2) is 0 Å². The van der Waals surface area contributed by atoms with Crippen molar-refractivity contribution in [2.75, 3.05) is 7.11 Å². The molecule has 2 heteroatoms. The molecule has 0 aromatic heterocycles. The van der Waals surface area contributed by atoms with Gasteiger partial charge in [0, 0.05) is 5.41 Å². The Morgan fingerprint density at radius 2 is 2.05 bits per heavy atom. The molecule has 2 nitrogen and oxygen atoms in total. The molecular formula is C19H22O2. The molecule has 2 atom stereocenters. The number of methoxy groups -OCH3 is 1. The van der Waals surface area contributed by atoms with Crippen molar-refractivity contribution in [1.82, 2.24) is 0 Å². The lowest BCUT2D eigenvalue weighted by molar-refractivity contribution is 0.0728. The van der Waals surface area contributed by atoms with E-state index in [0.29, 0.717) is 0 Å². The summed E-state index contributed by atoms with van der Waals surface area (Å²) in [6.45, 7) is 2.24. The zero-order valence-electron chi connectivity index (χ0n) is 12.8. The average Bonchev–Trinajstić information content (AvgIpc) is 2.82. The standard InChI is InChI=1S/C19H22O2/c1-19-10-9-15-14-6-4-13(21-2)11-12(14)3-5-16(15)17(19)7-8-18(19)20/h4,6-7,11,18,20H,3,5,8-10H2,1-2H3. The summed E-state index contributed by atoms with van der Waals surface area (Å²) in [5.74, 6) is 0.953. The van der Waals surface area contributed by atoms with Crippen LogP contribution in [0.15, 0.2) is 35.4 Å². The summed E-state index contributed by atoms with van der Waals surface area (Å²) in [6, 6.07) is 6.47. The van der Waals surface area contributed by atoms with Gasteiger partial charge in [0.2, 0.25) is 0 Å². The molecule has 3 aliphatic rings. The Balaban J connectivity index is 1.83. The van der Waals surface area contributed by atoms with Crippen molar-refractivity contribution in [3.8, 4) is 5.75 Å². The number of benzene rings is 1. The number of aliphatic hydroxyl groups excluding tert-OH is 1. The average molecular weight is 282 g/mol. The van der Waals surface area contributed by atoms with Gasteiger partial charge >= 0.3 is 0 Å². The summed E-state index contributed by atoms with van der Waals surface area (Å²) in [5, 5.41) is 10.3. The number of ether oxygens (including phenoxy) is 1. The number of hydrogen-bond donors (Lipinski definition) is 1. The lowest BCUT2D eigenvalue weighted by Crippen LogP contribution is -2.33. The summed E-state index contributed by atoms with van der Waals surface area (Å²) < 4.78 is 5.36. The Morgan fingerprint density at radius 1 is 1.19 bits per heavy atom. The zero-order chi connectivity index (χ0) is 14.6. The molecule has 4 rings (SSSR count). The maximum atomic E-state index is 10.3. The number of hydrogen-bond acceptors (Lipinski definition) is 2. The van der Waals surface area contributed by atoms with Crippen molar-refractivity contribution in [2.45, 2.75) is 45.1 Å². The number of aliphatic hydroxyl groups is 1. The van der Waals surface area contributed by atoms with Crippen molar-refractivity contribution < 1.29 is 9.84 Å². The highest BCUT2D eigenvalue weighted by molar-refractivity contribution is 5.79. The fraction of sp³-hybridized carbons (Fsp3) is 0.474. The molecule has 1 aromatic carbocycles. The SMILES string of the molecule is COc1ccc2c(c1)CCC1=C2CCC2(C)C1=CCC2O. The second-order valence-electron chi connectivity index (χ2n) is 6.77. The van der Waals surface area contributed by atoms with Crippen LogP contribution in [0.5, 0.6) is 5.75 Å². The van der Waals surface area contributed by atoms with E-state index in [9.17, 15) is 5.11 Å². The summed E-state index contributed by atoms with van der Waals surface area (Å²) in [5.41, 5.74) is 7.26. The largest absolute Gasteiger partial charge is 0.497 e. The van der Waals surface area contributed by atoms with E-state index >= 15 is 0 Å². The Bertz CT molecular complexity index is 668. The van der Waals surface area contributed by atoms with E-state index in [1.54, 1.807) is 7.11 Å². The van der Waals surface area contributed by atoms with Crippen LogP contribution in [0.25, 0.3) is 5.57 Å². The first kappa shape index (κ1) is 13.1. The van der Waals surface area contributed by atoms with Crippen molar-refractivity contribution >= 4 is 5.57 Å². The minimum atomic E-state index is -0.196. The molecule has 0 fully saturated rings. The maximum absolute atomic E-state index is 10.3. The van der Waals surface area contributed by atoms with Gasteiger partial charge in [0.05, 0.1) is 13.2 Å². The second-order valence-corrected chi connectivity index (χ2v) is 6.77. The Labute approximate surface area is 126 Å². The molecule has 0 saturated carbocycles. The van der Waals surface area contributed by atoms with Crippen LogP contribution in [-0.4, -0.2) is 18.3 Å². The van der Waals surface area contributed by atoms with E-state index in [0.717, 1.165) is 37.9 Å². The molecule has 2 unspecified atom stereocenters. The molecule has 0 saturated heterocycles. The van der Waals surface area contributed by atoms with Crippen LogP contribution in [0.2, 0.25) is 0 Å². The van der Waals surface area contributed by atoms with Crippen LogP contribution < -0.4 is 4.74 Å². The fourth-order valence-corrected chi connectivity index (χ4v) is 4.41. The molecule has 0 bridgehead atoms. The normalized spacial score (nSPS) is 30.4. The molecular weight excluding hydrogens is 260 g/mol. The van der Waals surface area contributed by atoms with Gasteiger partial charge in [-0.05, 0) is 72.1 Å². The van der Waals surface area contributed by atoms with Gasteiger partial charge in [-0.1, -0.05) is 19.1 Å². The highest BCUT2D eigenvalue weighted by Crippen LogP contribution is 2.55. The number of allylic oxidation sites excluding steroid dienone is 2. The van der Waals surface area contributed by atoms with E-state index in [1.807, 2.05) is 0 Å². The van der Waals surface area contributed by atoms with E-state index in [2.05, 4.69) is 31.2 Å². The number of fused-ring (bicyclic) bond motifs is 4. The van der Waals surface area contributed by atoms with Gasteiger partial charge in [-0.2, -0.15) is 0 Å². The van der Waals surface area contributed by atoms with Crippen LogP contribution in [0.1, 0.15) is 43.7 Å². The first-order valence-corrected chi connectivity index (χ1v) is 7.92. The highest BCUT2D eigenvalue weighted by atomic mass is 16.5. The lowest BCUT2D eigenvalue weighted by Gasteiger charge is -2.40. The van der Waals surface area contributed by atoms with Crippen LogP contribution in [0.3, 0.4) is 0 Å². The fourth-order valence-electron chi connectivity index (χ4n) is 4.41. The van der Waals surface area contributed by atoms with Crippen LogP contribution >= 0.6 is 0 Å². The minimum absolute atomic E-state index is 0.0111. The molecule has 110 valence electrons. The van der Waals surface area contributed by atoms with Crippen LogP contribution in [0, 0.1) is 5.41 Å². The quantitative estimate of drug-likeness (QED) is 0.847. The zero-order valence-corrected chi connectivity index (χ0v) is 12.8. The third-order valence-corrected chi connectivity index (χ3v) is 5.76.